The molecule has 1 saturated heterocycles. The lowest BCUT2D eigenvalue weighted by atomic mass is 10.00. The Kier molecular flexibility index (Phi) is 9.69. The molecule has 1 atom stereocenters. The highest BCUT2D eigenvalue weighted by molar-refractivity contribution is 5.98. The molecule has 2 aromatic carbocycles. The lowest BCUT2D eigenvalue weighted by molar-refractivity contribution is -0.125. The van der Waals surface area contributed by atoms with Crippen molar-refractivity contribution in [2.45, 2.75) is 38.8 Å². The van der Waals surface area contributed by atoms with Crippen LogP contribution in [-0.4, -0.2) is 68.6 Å². The van der Waals surface area contributed by atoms with Crippen molar-refractivity contribution in [2.24, 2.45) is 5.92 Å². The lowest BCUT2D eigenvalue weighted by Gasteiger charge is -2.33. The molecule has 0 aliphatic carbocycles. The number of anilines is 1. The van der Waals surface area contributed by atoms with Crippen molar-refractivity contribution >= 4 is 23.4 Å². The molecule has 0 radical (unpaired) electrons. The number of hydrogen-bond acceptors (Lipinski definition) is 6. The van der Waals surface area contributed by atoms with Gasteiger partial charge in [-0.15, -0.1) is 0 Å². The van der Waals surface area contributed by atoms with Gasteiger partial charge in [0.05, 0.1) is 20.8 Å². The van der Waals surface area contributed by atoms with E-state index in [0.717, 1.165) is 18.5 Å². The first-order valence-corrected chi connectivity index (χ1v) is 12.2. The molecule has 36 heavy (non-hydrogen) atoms. The molecule has 0 saturated carbocycles. The summed E-state index contributed by atoms with van der Waals surface area (Å²) in [7, 11) is 3.03. The van der Waals surface area contributed by atoms with E-state index < -0.39 is 6.04 Å². The smallest absolute Gasteiger partial charge is 0.252 e. The summed E-state index contributed by atoms with van der Waals surface area (Å²) < 4.78 is 10.5. The second kappa shape index (κ2) is 12.9. The number of likely N-dealkylation sites (tertiary alicyclic amines) is 1. The first-order chi connectivity index (χ1) is 17.3. The first-order valence-electron chi connectivity index (χ1n) is 12.2. The van der Waals surface area contributed by atoms with Gasteiger partial charge in [-0.3, -0.25) is 19.3 Å². The SMILES string of the molecule is COc1cc(OC)cc(C(=O)N[C@@H](C(=O)NC2CCN(CC(=O)Nc3ccccc3)CC2)C(C)C)c1. The minimum Gasteiger partial charge on any atom is -0.497 e. The van der Waals surface area contributed by atoms with Crippen LogP contribution in [0.15, 0.2) is 48.5 Å². The van der Waals surface area contributed by atoms with Crippen molar-refractivity contribution in [3.8, 4) is 11.5 Å². The number of piperidine rings is 1. The molecule has 0 aromatic heterocycles. The molecule has 1 aliphatic rings. The van der Waals surface area contributed by atoms with Crippen LogP contribution in [0, 0.1) is 5.92 Å². The van der Waals surface area contributed by atoms with E-state index in [1.807, 2.05) is 44.2 Å². The number of nitrogens with zero attached hydrogens (tertiary/aromatic N) is 1. The molecule has 2 aromatic rings. The molecule has 194 valence electrons. The quantitative estimate of drug-likeness (QED) is 0.467. The summed E-state index contributed by atoms with van der Waals surface area (Å²) in [6, 6.07) is 13.6. The average molecular weight is 497 g/mol. The molecule has 9 nitrogen and oxygen atoms in total. The number of nitrogens with one attached hydrogen (secondary N) is 3. The zero-order chi connectivity index (χ0) is 26.1. The minimum absolute atomic E-state index is 0.0130. The Morgan fingerprint density at radius 1 is 0.972 bits per heavy atom. The maximum Gasteiger partial charge on any atom is 0.252 e. The van der Waals surface area contributed by atoms with Crippen LogP contribution >= 0.6 is 0 Å². The predicted molar refractivity (Wildman–Crippen MR) is 138 cm³/mol. The first kappa shape index (κ1) is 27.0. The summed E-state index contributed by atoms with van der Waals surface area (Å²) >= 11 is 0. The molecule has 9 heteroatoms. The van der Waals surface area contributed by atoms with Gasteiger partial charge in [0.25, 0.3) is 5.91 Å². The van der Waals surface area contributed by atoms with Gasteiger partial charge in [0.1, 0.15) is 17.5 Å². The number of rotatable bonds is 10. The summed E-state index contributed by atoms with van der Waals surface area (Å²) in [6.07, 6.45) is 1.46. The van der Waals surface area contributed by atoms with Gasteiger partial charge in [0.2, 0.25) is 11.8 Å². The van der Waals surface area contributed by atoms with Gasteiger partial charge in [-0.25, -0.2) is 0 Å². The third-order valence-corrected chi connectivity index (χ3v) is 6.21. The van der Waals surface area contributed by atoms with Crippen LogP contribution in [0.25, 0.3) is 0 Å². The molecule has 3 N–H and O–H groups in total. The zero-order valence-electron chi connectivity index (χ0n) is 21.4. The second-order valence-corrected chi connectivity index (χ2v) is 9.27. The van der Waals surface area contributed by atoms with E-state index in [4.69, 9.17) is 9.47 Å². The standard InChI is InChI=1S/C27H36N4O5/c1-18(2)25(30-26(33)19-14-22(35-3)16-23(15-19)36-4)27(34)29-21-10-12-31(13-11-21)17-24(32)28-20-8-6-5-7-9-20/h5-9,14-16,18,21,25H,10-13,17H2,1-4H3,(H,28,32)(H,29,34)(H,30,33)/t25-/m1/s1. The van der Waals surface area contributed by atoms with E-state index in [-0.39, 0.29) is 29.7 Å². The van der Waals surface area contributed by atoms with Crippen LogP contribution in [0.1, 0.15) is 37.0 Å². The van der Waals surface area contributed by atoms with Crippen molar-refractivity contribution in [2.75, 3.05) is 39.2 Å². The summed E-state index contributed by atoms with van der Waals surface area (Å²) in [5, 5.41) is 8.84. The number of ether oxygens (including phenoxy) is 2. The Hall–Kier alpha value is -3.59. The second-order valence-electron chi connectivity index (χ2n) is 9.27. The molecular formula is C27H36N4O5. The summed E-state index contributed by atoms with van der Waals surface area (Å²) in [5.74, 6) is 0.237. The van der Waals surface area contributed by atoms with Crippen LogP contribution in [0.4, 0.5) is 5.69 Å². The summed E-state index contributed by atoms with van der Waals surface area (Å²) in [6.45, 7) is 5.50. The molecule has 0 spiro atoms. The maximum absolute atomic E-state index is 13.1. The van der Waals surface area contributed by atoms with Gasteiger partial charge in [-0.1, -0.05) is 32.0 Å². The largest absolute Gasteiger partial charge is 0.497 e. The Morgan fingerprint density at radius 3 is 2.14 bits per heavy atom. The van der Waals surface area contributed by atoms with Gasteiger partial charge in [-0.05, 0) is 43.0 Å². The van der Waals surface area contributed by atoms with E-state index in [1.165, 1.54) is 14.2 Å². The third-order valence-electron chi connectivity index (χ3n) is 6.21. The number of amides is 3. The van der Waals surface area contributed by atoms with Gasteiger partial charge >= 0.3 is 0 Å². The van der Waals surface area contributed by atoms with Crippen molar-refractivity contribution in [3.63, 3.8) is 0 Å². The zero-order valence-corrected chi connectivity index (χ0v) is 21.4. The van der Waals surface area contributed by atoms with Gasteiger partial charge in [0.15, 0.2) is 0 Å². The van der Waals surface area contributed by atoms with Gasteiger partial charge in [-0.2, -0.15) is 0 Å². The Morgan fingerprint density at radius 2 is 1.58 bits per heavy atom. The molecule has 3 amide bonds. The van der Waals surface area contributed by atoms with E-state index in [2.05, 4.69) is 20.9 Å². The Bertz CT molecular complexity index is 1010. The Balaban J connectivity index is 1.50. The molecule has 1 aliphatic heterocycles. The molecule has 1 fully saturated rings. The molecule has 0 bridgehead atoms. The number of methoxy groups -OCH3 is 2. The maximum atomic E-state index is 13.1. The number of benzene rings is 2. The van der Waals surface area contributed by atoms with Crippen molar-refractivity contribution < 1.29 is 23.9 Å². The predicted octanol–water partition coefficient (Wildman–Crippen LogP) is 2.68. The van der Waals surface area contributed by atoms with Crippen molar-refractivity contribution in [1.29, 1.82) is 0 Å². The average Bonchev–Trinajstić information content (AvgIpc) is 2.88. The summed E-state index contributed by atoms with van der Waals surface area (Å²) in [5.41, 5.74) is 1.13. The molecular weight excluding hydrogens is 460 g/mol. The lowest BCUT2D eigenvalue weighted by Crippen LogP contribution is -2.54. The fourth-order valence-electron chi connectivity index (χ4n) is 4.15. The minimum atomic E-state index is -0.690. The number of hydrogen-bond donors (Lipinski definition) is 3. The topological polar surface area (TPSA) is 109 Å². The van der Waals surface area contributed by atoms with Crippen LogP contribution < -0.4 is 25.4 Å². The fraction of sp³-hybridized carbons (Fsp3) is 0.444. The van der Waals surface area contributed by atoms with Crippen LogP contribution in [0.5, 0.6) is 11.5 Å². The van der Waals surface area contributed by atoms with E-state index in [9.17, 15) is 14.4 Å². The van der Waals surface area contributed by atoms with Crippen molar-refractivity contribution in [3.05, 3.63) is 54.1 Å². The van der Waals surface area contributed by atoms with E-state index >= 15 is 0 Å². The van der Waals surface area contributed by atoms with E-state index in [1.54, 1.807) is 18.2 Å². The highest BCUT2D eigenvalue weighted by Crippen LogP contribution is 2.23. The Labute approximate surface area is 212 Å². The van der Waals surface area contributed by atoms with Crippen LogP contribution in [0.3, 0.4) is 0 Å². The van der Waals surface area contributed by atoms with Crippen LogP contribution in [-0.2, 0) is 9.59 Å². The molecule has 1 heterocycles. The highest BCUT2D eigenvalue weighted by atomic mass is 16.5. The number of carbonyl (C=O) groups excluding carboxylic acids is 3. The van der Waals surface area contributed by atoms with Gasteiger partial charge < -0.3 is 25.4 Å². The fourth-order valence-corrected chi connectivity index (χ4v) is 4.15. The third kappa shape index (κ3) is 7.71. The van der Waals surface area contributed by atoms with Crippen LogP contribution in [0.2, 0.25) is 0 Å². The number of carbonyl (C=O) groups is 3. The monoisotopic (exact) mass is 496 g/mol. The molecule has 0 unspecified atom stereocenters. The summed E-state index contributed by atoms with van der Waals surface area (Å²) in [4.78, 5) is 40.4. The normalized spacial score (nSPS) is 15.1. The van der Waals surface area contributed by atoms with Gasteiger partial charge in [0, 0.05) is 36.4 Å². The van der Waals surface area contributed by atoms with Crippen molar-refractivity contribution in [1.82, 2.24) is 15.5 Å². The number of para-hydroxylation sites is 1. The van der Waals surface area contributed by atoms with E-state index in [0.29, 0.717) is 36.7 Å². The highest BCUT2D eigenvalue weighted by Gasteiger charge is 2.29. The molecule has 3 rings (SSSR count).